The Morgan fingerprint density at radius 2 is 2.12 bits per heavy atom. The van der Waals surface area contributed by atoms with Crippen molar-refractivity contribution in [3.05, 3.63) is 42.4 Å². The molecule has 9 nitrogen and oxygen atoms in total. The van der Waals surface area contributed by atoms with E-state index in [1.165, 1.54) is 13.4 Å². The summed E-state index contributed by atoms with van der Waals surface area (Å²) in [6, 6.07) is 7.57. The van der Waals surface area contributed by atoms with Crippen molar-refractivity contribution in [1.29, 1.82) is 0 Å². The Labute approximate surface area is 193 Å². The summed E-state index contributed by atoms with van der Waals surface area (Å²) in [7, 11) is 1.43. The molecule has 1 aliphatic heterocycles. The first-order chi connectivity index (χ1) is 16.1. The third-order valence-electron chi connectivity index (χ3n) is 5.79. The predicted molar refractivity (Wildman–Crippen MR) is 127 cm³/mol. The maximum Gasteiger partial charge on any atom is 0.319 e. The summed E-state index contributed by atoms with van der Waals surface area (Å²) in [5, 5.41) is 6.60. The molecular weight excluding hydrogens is 418 g/mol. The molecule has 170 valence electrons. The van der Waals surface area contributed by atoms with E-state index in [1.807, 2.05) is 24.3 Å². The number of anilines is 3. The number of ether oxygens (including phenoxy) is 1. The number of carbonyl (C=O) groups excluding carboxylic acids is 1. The summed E-state index contributed by atoms with van der Waals surface area (Å²) in [4.78, 5) is 31.2. The number of hydrogen-bond acceptors (Lipinski definition) is 9. The maximum atomic E-state index is 11.4. The number of benzene rings is 1. The van der Waals surface area contributed by atoms with Crippen molar-refractivity contribution < 1.29 is 9.53 Å². The van der Waals surface area contributed by atoms with E-state index in [0.717, 1.165) is 50.1 Å². The van der Waals surface area contributed by atoms with E-state index >= 15 is 0 Å². The molecular formula is C24H27N7O2. The van der Waals surface area contributed by atoms with Crippen molar-refractivity contribution >= 4 is 34.5 Å². The van der Waals surface area contributed by atoms with Gasteiger partial charge in [0.2, 0.25) is 5.95 Å². The van der Waals surface area contributed by atoms with Gasteiger partial charge in [-0.15, -0.1) is 6.42 Å². The molecule has 0 bridgehead atoms. The zero-order valence-corrected chi connectivity index (χ0v) is 18.6. The van der Waals surface area contributed by atoms with Crippen LogP contribution < -0.4 is 10.6 Å². The third kappa shape index (κ3) is 5.93. The highest BCUT2D eigenvalue weighted by Gasteiger charge is 2.21. The van der Waals surface area contributed by atoms with Gasteiger partial charge in [-0.1, -0.05) is 12.0 Å². The second-order valence-electron chi connectivity index (χ2n) is 8.01. The molecule has 1 aromatic carbocycles. The van der Waals surface area contributed by atoms with Crippen molar-refractivity contribution in [3.63, 3.8) is 0 Å². The Morgan fingerprint density at radius 1 is 1.27 bits per heavy atom. The Balaban J connectivity index is 1.35. The molecule has 4 rings (SSSR count). The van der Waals surface area contributed by atoms with Crippen LogP contribution >= 0.6 is 0 Å². The first kappa shape index (κ1) is 22.4. The number of rotatable bonds is 8. The van der Waals surface area contributed by atoms with Crippen LogP contribution in [-0.4, -0.2) is 64.1 Å². The predicted octanol–water partition coefficient (Wildman–Crippen LogP) is 2.83. The smallest absolute Gasteiger partial charge is 0.319 e. The molecule has 1 fully saturated rings. The van der Waals surface area contributed by atoms with Crippen LogP contribution in [0.3, 0.4) is 0 Å². The quantitative estimate of drug-likeness (QED) is 0.400. The van der Waals surface area contributed by atoms with E-state index in [9.17, 15) is 4.79 Å². The molecule has 0 saturated carbocycles. The number of esters is 1. The Morgan fingerprint density at radius 3 is 2.91 bits per heavy atom. The second-order valence-corrected chi connectivity index (χ2v) is 8.01. The van der Waals surface area contributed by atoms with E-state index in [1.54, 1.807) is 6.20 Å². The summed E-state index contributed by atoms with van der Waals surface area (Å²) in [6.45, 7) is 2.98. The van der Waals surface area contributed by atoms with Gasteiger partial charge in [0, 0.05) is 17.8 Å². The molecule has 2 aromatic heterocycles. The van der Waals surface area contributed by atoms with Crippen molar-refractivity contribution in [1.82, 2.24) is 24.8 Å². The minimum absolute atomic E-state index is 0.176. The lowest BCUT2D eigenvalue weighted by Gasteiger charge is -2.31. The minimum Gasteiger partial charge on any atom is -0.468 e. The van der Waals surface area contributed by atoms with Crippen molar-refractivity contribution in [2.24, 2.45) is 5.92 Å². The van der Waals surface area contributed by atoms with Crippen molar-refractivity contribution in [3.8, 4) is 12.3 Å². The highest BCUT2D eigenvalue weighted by Crippen LogP contribution is 2.23. The van der Waals surface area contributed by atoms with Gasteiger partial charge in [0.05, 0.1) is 19.9 Å². The SMILES string of the molecule is C#Cc1cccc(Nc2ncnc3cnc(NCCC4CCN(CC(=O)OC)CC4)nc23)c1. The minimum atomic E-state index is -0.176. The van der Waals surface area contributed by atoms with E-state index in [4.69, 9.17) is 11.2 Å². The van der Waals surface area contributed by atoms with Crippen LogP contribution in [-0.2, 0) is 9.53 Å². The summed E-state index contributed by atoms with van der Waals surface area (Å²) in [6.07, 6.45) is 11.8. The topological polar surface area (TPSA) is 105 Å². The number of aromatic nitrogens is 4. The van der Waals surface area contributed by atoms with E-state index < -0.39 is 0 Å². The Kier molecular flexibility index (Phi) is 7.27. The Bertz CT molecular complexity index is 1150. The number of fused-ring (bicyclic) bond motifs is 1. The zero-order chi connectivity index (χ0) is 23.0. The van der Waals surface area contributed by atoms with Crippen LogP contribution in [0.15, 0.2) is 36.8 Å². The van der Waals surface area contributed by atoms with E-state index in [0.29, 0.717) is 35.3 Å². The van der Waals surface area contributed by atoms with Crippen LogP contribution in [0, 0.1) is 18.3 Å². The first-order valence-corrected chi connectivity index (χ1v) is 11.0. The molecule has 1 saturated heterocycles. The summed E-state index contributed by atoms with van der Waals surface area (Å²) < 4.78 is 4.75. The third-order valence-corrected chi connectivity index (χ3v) is 5.79. The van der Waals surface area contributed by atoms with Gasteiger partial charge in [0.1, 0.15) is 17.4 Å². The van der Waals surface area contributed by atoms with E-state index in [2.05, 4.69) is 41.4 Å². The van der Waals surface area contributed by atoms with Crippen LogP contribution in [0.4, 0.5) is 17.5 Å². The van der Waals surface area contributed by atoms with Crippen LogP contribution in [0.1, 0.15) is 24.8 Å². The molecule has 0 amide bonds. The van der Waals surface area contributed by atoms with Crippen LogP contribution in [0.2, 0.25) is 0 Å². The number of nitrogens with zero attached hydrogens (tertiary/aromatic N) is 5. The summed E-state index contributed by atoms with van der Waals surface area (Å²) >= 11 is 0. The number of methoxy groups -OCH3 is 1. The summed E-state index contributed by atoms with van der Waals surface area (Å²) in [5.41, 5.74) is 2.91. The van der Waals surface area contributed by atoms with Crippen molar-refractivity contribution in [2.45, 2.75) is 19.3 Å². The van der Waals surface area contributed by atoms with Gasteiger partial charge in [-0.05, 0) is 56.5 Å². The fraction of sp³-hybridized carbons (Fsp3) is 0.375. The lowest BCUT2D eigenvalue weighted by Crippen LogP contribution is -2.38. The lowest BCUT2D eigenvalue weighted by molar-refractivity contribution is -0.142. The number of carbonyl (C=O) groups is 1. The molecule has 0 radical (unpaired) electrons. The molecule has 0 atom stereocenters. The monoisotopic (exact) mass is 445 g/mol. The van der Waals surface area contributed by atoms with Crippen LogP contribution in [0.25, 0.3) is 11.0 Å². The molecule has 1 aliphatic rings. The normalized spacial score (nSPS) is 14.5. The van der Waals surface area contributed by atoms with E-state index in [-0.39, 0.29) is 5.97 Å². The Hall–Kier alpha value is -3.77. The second kappa shape index (κ2) is 10.7. The molecule has 0 spiro atoms. The number of terminal acetylenes is 1. The molecule has 0 unspecified atom stereocenters. The lowest BCUT2D eigenvalue weighted by atomic mass is 9.93. The number of likely N-dealkylation sites (tertiary alicyclic amines) is 1. The van der Waals surface area contributed by atoms with Crippen molar-refractivity contribution in [2.75, 3.05) is 43.9 Å². The first-order valence-electron chi connectivity index (χ1n) is 11.0. The molecule has 3 aromatic rings. The standard InChI is InChI=1S/C24H27N7O2/c1-3-17-5-4-6-19(13-17)29-23-22-20(27-16-28-23)14-26-24(30-22)25-10-7-18-8-11-31(12-9-18)15-21(32)33-2/h1,4-6,13-14,16,18H,7-12,15H2,2H3,(H,25,26,30)(H,27,28,29). The van der Waals surface area contributed by atoms with Crippen LogP contribution in [0.5, 0.6) is 0 Å². The highest BCUT2D eigenvalue weighted by atomic mass is 16.5. The fourth-order valence-corrected chi connectivity index (χ4v) is 3.92. The average Bonchev–Trinajstić information content (AvgIpc) is 2.85. The van der Waals surface area contributed by atoms with Gasteiger partial charge in [0.15, 0.2) is 5.82 Å². The number of piperidine rings is 1. The fourth-order valence-electron chi connectivity index (χ4n) is 3.92. The number of nitrogens with one attached hydrogen (secondary N) is 2. The highest BCUT2D eigenvalue weighted by molar-refractivity contribution is 5.87. The molecule has 9 heteroatoms. The van der Waals surface area contributed by atoms with Gasteiger partial charge >= 0.3 is 5.97 Å². The average molecular weight is 446 g/mol. The van der Waals surface area contributed by atoms with Gasteiger partial charge in [-0.2, -0.15) is 0 Å². The largest absolute Gasteiger partial charge is 0.468 e. The van der Waals surface area contributed by atoms with Gasteiger partial charge < -0.3 is 15.4 Å². The van der Waals surface area contributed by atoms with Gasteiger partial charge in [-0.3, -0.25) is 9.69 Å². The summed E-state index contributed by atoms with van der Waals surface area (Å²) in [5.74, 6) is 4.20. The number of hydrogen-bond donors (Lipinski definition) is 2. The molecule has 33 heavy (non-hydrogen) atoms. The van der Waals surface area contributed by atoms with Gasteiger partial charge in [-0.25, -0.2) is 19.9 Å². The maximum absolute atomic E-state index is 11.4. The van der Waals surface area contributed by atoms with Gasteiger partial charge in [0.25, 0.3) is 0 Å². The molecule has 2 N–H and O–H groups in total. The zero-order valence-electron chi connectivity index (χ0n) is 18.6. The molecule has 3 heterocycles. The molecule has 0 aliphatic carbocycles.